The number of rotatable bonds is 3. The maximum Gasteiger partial charge on any atom is 0.293 e. The third kappa shape index (κ3) is 4.31. The molecule has 0 amide bonds. The molecule has 1 saturated carbocycles. The van der Waals surface area contributed by atoms with Gasteiger partial charge in [0.15, 0.2) is 0 Å². The Kier molecular flexibility index (Phi) is 4.52. The first kappa shape index (κ1) is 16.5. The van der Waals surface area contributed by atoms with Crippen LogP contribution in [0.5, 0.6) is 0 Å². The van der Waals surface area contributed by atoms with E-state index in [0.29, 0.717) is 5.69 Å². The minimum absolute atomic E-state index is 0.170. The molecule has 4 nitrogen and oxygen atoms in total. The van der Waals surface area contributed by atoms with Gasteiger partial charge >= 0.3 is 0 Å². The van der Waals surface area contributed by atoms with Crippen LogP contribution in [0.1, 0.15) is 47.0 Å². The minimum atomic E-state index is -0.302. The maximum atomic E-state index is 11.2. The molecule has 1 N–H and O–H groups in total. The molecule has 0 bridgehead atoms. The van der Waals surface area contributed by atoms with Crippen LogP contribution in [0.2, 0.25) is 0 Å². The minimum Gasteiger partial charge on any atom is -0.377 e. The molecule has 1 fully saturated rings. The smallest absolute Gasteiger partial charge is 0.293 e. The highest BCUT2D eigenvalue weighted by molar-refractivity contribution is 14.1. The van der Waals surface area contributed by atoms with Gasteiger partial charge in [0, 0.05) is 15.7 Å². The van der Waals surface area contributed by atoms with Crippen molar-refractivity contribution in [2.75, 3.05) is 5.32 Å². The second-order valence-corrected chi connectivity index (χ2v) is 8.92. The van der Waals surface area contributed by atoms with Crippen molar-refractivity contribution in [3.8, 4) is 0 Å². The number of anilines is 1. The lowest BCUT2D eigenvalue weighted by Gasteiger charge is -2.45. The number of nitrogens with zero attached hydrogens (tertiary/aromatic N) is 1. The summed E-state index contributed by atoms with van der Waals surface area (Å²) < 4.78 is 0.883. The van der Waals surface area contributed by atoms with Gasteiger partial charge < -0.3 is 5.32 Å². The van der Waals surface area contributed by atoms with Gasteiger partial charge in [-0.2, -0.15) is 0 Å². The zero-order chi connectivity index (χ0) is 15.8. The van der Waals surface area contributed by atoms with Crippen LogP contribution in [0, 0.1) is 24.5 Å². The number of nitro groups is 1. The molecule has 0 heterocycles. The third-order valence-corrected chi connectivity index (χ3v) is 4.74. The molecule has 116 valence electrons. The summed E-state index contributed by atoms with van der Waals surface area (Å²) in [5.41, 5.74) is 1.33. The summed E-state index contributed by atoms with van der Waals surface area (Å²) in [6, 6.07) is 5.65. The zero-order valence-corrected chi connectivity index (χ0v) is 15.2. The SMILES string of the molecule is CC1(C)CC(Nc2ccc(I)cc2[N+](=O)[O-])CC(C)(C)C1. The van der Waals surface area contributed by atoms with E-state index in [1.807, 2.05) is 12.1 Å². The fourth-order valence-electron chi connectivity index (χ4n) is 3.95. The molecule has 1 aromatic rings. The fraction of sp³-hybridized carbons (Fsp3) is 0.625. The van der Waals surface area contributed by atoms with Crippen LogP contribution >= 0.6 is 22.6 Å². The van der Waals surface area contributed by atoms with Gasteiger partial charge in [0.2, 0.25) is 0 Å². The van der Waals surface area contributed by atoms with E-state index in [1.165, 1.54) is 6.42 Å². The average molecular weight is 402 g/mol. The first-order valence-electron chi connectivity index (χ1n) is 7.29. The Bertz CT molecular complexity index is 539. The van der Waals surface area contributed by atoms with Crippen molar-refractivity contribution >= 4 is 34.0 Å². The molecule has 0 aromatic heterocycles. The third-order valence-electron chi connectivity index (χ3n) is 4.07. The number of hydrogen-bond acceptors (Lipinski definition) is 3. The molecule has 5 heteroatoms. The number of nitro benzene ring substituents is 1. The molecule has 0 unspecified atom stereocenters. The molecule has 21 heavy (non-hydrogen) atoms. The topological polar surface area (TPSA) is 55.2 Å². The molecule has 0 atom stereocenters. The lowest BCUT2D eigenvalue weighted by atomic mass is 9.63. The molecule has 2 rings (SSSR count). The monoisotopic (exact) mass is 402 g/mol. The Labute approximate surface area is 140 Å². The Morgan fingerprint density at radius 1 is 1.24 bits per heavy atom. The van der Waals surface area contributed by atoms with Crippen LogP contribution in [0.4, 0.5) is 11.4 Å². The molecular formula is C16H23IN2O2. The first-order valence-corrected chi connectivity index (χ1v) is 8.36. The predicted molar refractivity (Wildman–Crippen MR) is 94.6 cm³/mol. The molecular weight excluding hydrogens is 379 g/mol. The van der Waals surface area contributed by atoms with Gasteiger partial charge in [-0.15, -0.1) is 0 Å². The zero-order valence-electron chi connectivity index (χ0n) is 13.1. The van der Waals surface area contributed by atoms with Crippen molar-refractivity contribution in [3.63, 3.8) is 0 Å². The van der Waals surface area contributed by atoms with Gasteiger partial charge in [-0.05, 0) is 64.8 Å². The standard InChI is InChI=1S/C16H23IN2O2/c1-15(2)8-12(9-16(3,4)10-15)18-13-6-5-11(17)7-14(13)19(20)21/h5-7,12,18H,8-10H2,1-4H3. The number of hydrogen-bond donors (Lipinski definition) is 1. The summed E-state index contributed by atoms with van der Waals surface area (Å²) in [4.78, 5) is 10.9. The van der Waals surface area contributed by atoms with Crippen molar-refractivity contribution in [3.05, 3.63) is 31.9 Å². The maximum absolute atomic E-state index is 11.2. The van der Waals surface area contributed by atoms with E-state index < -0.39 is 0 Å². The van der Waals surface area contributed by atoms with Gasteiger partial charge in [0.05, 0.1) is 4.92 Å². The van der Waals surface area contributed by atoms with Gasteiger partial charge in [0.25, 0.3) is 5.69 Å². The molecule has 0 spiro atoms. The van der Waals surface area contributed by atoms with Crippen molar-refractivity contribution in [1.29, 1.82) is 0 Å². The number of benzene rings is 1. The van der Waals surface area contributed by atoms with E-state index in [0.717, 1.165) is 16.4 Å². The van der Waals surface area contributed by atoms with E-state index in [2.05, 4.69) is 55.6 Å². The van der Waals surface area contributed by atoms with E-state index >= 15 is 0 Å². The average Bonchev–Trinajstić information content (AvgIpc) is 2.27. The largest absolute Gasteiger partial charge is 0.377 e. The lowest BCUT2D eigenvalue weighted by molar-refractivity contribution is -0.384. The summed E-state index contributed by atoms with van der Waals surface area (Å²) in [6.07, 6.45) is 3.27. The van der Waals surface area contributed by atoms with Crippen LogP contribution in [0.15, 0.2) is 18.2 Å². The summed E-state index contributed by atoms with van der Waals surface area (Å²) in [5.74, 6) is 0. The Morgan fingerprint density at radius 3 is 2.33 bits per heavy atom. The van der Waals surface area contributed by atoms with E-state index in [1.54, 1.807) is 6.07 Å². The Morgan fingerprint density at radius 2 is 1.81 bits per heavy atom. The van der Waals surface area contributed by atoms with Crippen molar-refractivity contribution in [2.24, 2.45) is 10.8 Å². The van der Waals surface area contributed by atoms with Crippen LogP contribution in [0.25, 0.3) is 0 Å². The molecule has 1 aliphatic carbocycles. The lowest BCUT2D eigenvalue weighted by Crippen LogP contribution is -2.40. The van der Waals surface area contributed by atoms with Gasteiger partial charge in [-0.3, -0.25) is 10.1 Å². The molecule has 1 aliphatic rings. The fourth-order valence-corrected chi connectivity index (χ4v) is 4.42. The van der Waals surface area contributed by atoms with Crippen LogP contribution in [-0.4, -0.2) is 11.0 Å². The summed E-state index contributed by atoms with van der Waals surface area (Å²) >= 11 is 2.11. The number of halogens is 1. The molecule has 0 radical (unpaired) electrons. The number of nitrogens with one attached hydrogen (secondary N) is 1. The summed E-state index contributed by atoms with van der Waals surface area (Å²) in [6.45, 7) is 9.13. The van der Waals surface area contributed by atoms with E-state index in [9.17, 15) is 10.1 Å². The Hall–Kier alpha value is -0.850. The highest BCUT2D eigenvalue weighted by Crippen LogP contribution is 2.46. The second-order valence-electron chi connectivity index (χ2n) is 7.67. The Balaban J connectivity index is 2.24. The highest BCUT2D eigenvalue weighted by Gasteiger charge is 2.38. The van der Waals surface area contributed by atoms with E-state index in [4.69, 9.17) is 0 Å². The highest BCUT2D eigenvalue weighted by atomic mass is 127. The second kappa shape index (κ2) is 5.74. The van der Waals surface area contributed by atoms with E-state index in [-0.39, 0.29) is 27.5 Å². The van der Waals surface area contributed by atoms with Crippen molar-refractivity contribution in [2.45, 2.75) is 53.0 Å². The predicted octanol–water partition coefficient (Wildman–Crippen LogP) is 5.22. The van der Waals surface area contributed by atoms with Crippen LogP contribution in [-0.2, 0) is 0 Å². The summed E-state index contributed by atoms with van der Waals surface area (Å²) in [7, 11) is 0. The quantitative estimate of drug-likeness (QED) is 0.429. The molecule has 0 saturated heterocycles. The molecule has 0 aliphatic heterocycles. The van der Waals surface area contributed by atoms with Gasteiger partial charge in [-0.25, -0.2) is 0 Å². The van der Waals surface area contributed by atoms with Crippen molar-refractivity contribution in [1.82, 2.24) is 0 Å². The molecule has 1 aromatic carbocycles. The van der Waals surface area contributed by atoms with Crippen LogP contribution in [0.3, 0.4) is 0 Å². The summed E-state index contributed by atoms with van der Waals surface area (Å²) in [5, 5.41) is 14.7. The first-order chi connectivity index (χ1) is 9.58. The van der Waals surface area contributed by atoms with Gasteiger partial charge in [0.1, 0.15) is 5.69 Å². The van der Waals surface area contributed by atoms with Gasteiger partial charge in [-0.1, -0.05) is 27.7 Å². The normalized spacial score (nSPS) is 21.0. The van der Waals surface area contributed by atoms with Crippen LogP contribution < -0.4 is 5.32 Å². The van der Waals surface area contributed by atoms with Crippen molar-refractivity contribution < 1.29 is 4.92 Å².